The summed E-state index contributed by atoms with van der Waals surface area (Å²) in [6, 6.07) is 0. The van der Waals surface area contributed by atoms with E-state index in [4.69, 9.17) is 14.2 Å². The summed E-state index contributed by atoms with van der Waals surface area (Å²) in [6.07, 6.45) is 6.31. The molecule has 2 saturated carbocycles. The Balaban J connectivity index is 1.87. The van der Waals surface area contributed by atoms with Gasteiger partial charge in [-0.1, -0.05) is 49.5 Å². The molecule has 0 N–H and O–H groups in total. The molecule has 3 rings (SSSR count). The van der Waals surface area contributed by atoms with E-state index >= 15 is 0 Å². The summed E-state index contributed by atoms with van der Waals surface area (Å²) in [5.41, 5.74) is 0. The lowest BCUT2D eigenvalue weighted by Gasteiger charge is -2.46. The quantitative estimate of drug-likeness (QED) is 0.668. The minimum atomic E-state index is -0.0627. The van der Waals surface area contributed by atoms with Gasteiger partial charge >= 0.3 is 0 Å². The highest BCUT2D eigenvalue weighted by molar-refractivity contribution is 9.09. The molecular weight excluding hydrogens is 344 g/mol. The van der Waals surface area contributed by atoms with E-state index < -0.39 is 0 Å². The zero-order valence-electron chi connectivity index (χ0n) is 14.3. The number of alkyl halides is 1. The second-order valence-electron chi connectivity index (χ2n) is 7.44. The van der Waals surface area contributed by atoms with Crippen molar-refractivity contribution in [1.82, 2.24) is 0 Å². The fourth-order valence-corrected chi connectivity index (χ4v) is 6.38. The van der Waals surface area contributed by atoms with E-state index in [-0.39, 0.29) is 18.5 Å². The highest BCUT2D eigenvalue weighted by Gasteiger charge is 2.60. The van der Waals surface area contributed by atoms with E-state index in [1.807, 2.05) is 7.11 Å². The third kappa shape index (κ3) is 2.78. The Hall–Kier alpha value is 0.360. The summed E-state index contributed by atoms with van der Waals surface area (Å²) >= 11 is 3.96. The summed E-state index contributed by atoms with van der Waals surface area (Å²) in [6.45, 7) is 6.83. The smallest absolute Gasteiger partial charge is 0.161 e. The predicted octanol–water partition coefficient (Wildman–Crippen LogP) is 4.38. The van der Waals surface area contributed by atoms with Crippen molar-refractivity contribution in [2.24, 2.45) is 23.7 Å². The van der Waals surface area contributed by atoms with Gasteiger partial charge < -0.3 is 14.2 Å². The van der Waals surface area contributed by atoms with Crippen LogP contribution < -0.4 is 0 Å². The Morgan fingerprint density at radius 1 is 1.05 bits per heavy atom. The van der Waals surface area contributed by atoms with E-state index in [2.05, 4.69) is 36.7 Å². The van der Waals surface area contributed by atoms with Gasteiger partial charge in [-0.25, -0.2) is 0 Å². The molecule has 1 heterocycles. The molecule has 0 radical (unpaired) electrons. The van der Waals surface area contributed by atoms with Crippen LogP contribution in [0.15, 0.2) is 0 Å². The number of hydrogen-bond donors (Lipinski definition) is 0. The molecule has 2 bridgehead atoms. The maximum absolute atomic E-state index is 6.65. The maximum atomic E-state index is 6.65. The molecule has 0 amide bonds. The van der Waals surface area contributed by atoms with E-state index in [1.54, 1.807) is 0 Å². The topological polar surface area (TPSA) is 27.7 Å². The van der Waals surface area contributed by atoms with Gasteiger partial charge in [0.05, 0.1) is 18.3 Å². The van der Waals surface area contributed by atoms with Crippen molar-refractivity contribution in [3.05, 3.63) is 0 Å². The summed E-state index contributed by atoms with van der Waals surface area (Å²) in [5.74, 6) is 2.41. The van der Waals surface area contributed by atoms with Gasteiger partial charge in [0.2, 0.25) is 0 Å². The molecule has 1 saturated heterocycles. The Morgan fingerprint density at radius 2 is 1.68 bits per heavy atom. The van der Waals surface area contributed by atoms with Crippen molar-refractivity contribution in [3.63, 3.8) is 0 Å². The summed E-state index contributed by atoms with van der Waals surface area (Å²) in [4.78, 5) is 0.501. The Kier molecular flexibility index (Phi) is 5.53. The van der Waals surface area contributed by atoms with Crippen molar-refractivity contribution >= 4 is 15.9 Å². The lowest BCUT2D eigenvalue weighted by atomic mass is 9.77. The van der Waals surface area contributed by atoms with Gasteiger partial charge in [-0.2, -0.15) is 0 Å². The second-order valence-corrected chi connectivity index (χ2v) is 8.50. The number of fused-ring (bicyclic) bond motifs is 1. The van der Waals surface area contributed by atoms with Crippen LogP contribution in [0, 0.1) is 23.7 Å². The number of hydrogen-bond acceptors (Lipinski definition) is 3. The monoisotopic (exact) mass is 374 g/mol. The van der Waals surface area contributed by atoms with Crippen molar-refractivity contribution < 1.29 is 14.2 Å². The molecule has 9 atom stereocenters. The predicted molar refractivity (Wildman–Crippen MR) is 91.1 cm³/mol. The van der Waals surface area contributed by atoms with Crippen LogP contribution in [0.2, 0.25) is 0 Å². The van der Waals surface area contributed by atoms with Crippen LogP contribution in [0.3, 0.4) is 0 Å². The van der Waals surface area contributed by atoms with Crippen molar-refractivity contribution in [2.75, 3.05) is 7.11 Å². The van der Waals surface area contributed by atoms with E-state index in [9.17, 15) is 0 Å². The Bertz CT molecular complexity index is 377. The molecular formula is C18H31BrO3. The largest absolute Gasteiger partial charge is 0.371 e. The first kappa shape index (κ1) is 17.2. The number of halogens is 1. The van der Waals surface area contributed by atoms with Gasteiger partial charge in [-0.05, 0) is 37.0 Å². The lowest BCUT2D eigenvalue weighted by Crippen LogP contribution is -2.52. The van der Waals surface area contributed by atoms with E-state index in [0.717, 1.165) is 25.7 Å². The van der Waals surface area contributed by atoms with Gasteiger partial charge in [0, 0.05) is 17.9 Å². The van der Waals surface area contributed by atoms with Crippen molar-refractivity contribution in [3.8, 4) is 0 Å². The van der Waals surface area contributed by atoms with Gasteiger partial charge in [0.25, 0.3) is 0 Å². The highest BCUT2D eigenvalue weighted by Crippen LogP contribution is 2.58. The van der Waals surface area contributed by atoms with Crippen LogP contribution >= 0.6 is 15.9 Å². The van der Waals surface area contributed by atoms with Crippen LogP contribution in [0.5, 0.6) is 0 Å². The van der Waals surface area contributed by atoms with Gasteiger partial charge in [0.15, 0.2) is 6.29 Å². The minimum absolute atomic E-state index is 0.0627. The molecule has 128 valence electrons. The maximum Gasteiger partial charge on any atom is 0.161 e. The standard InChI is InChI=1S/C18H31BrO3/c1-5-7-13-14(8-6-2)22-18(20-4)15-10(3)11-9-12(15)17(21-13)16(11)19/h10-18H,5-9H2,1-4H3/t10-,11-,12?,13-,14+,15+,16+,17+,18+/m0/s1. The molecule has 2 aliphatic carbocycles. The first-order valence-electron chi connectivity index (χ1n) is 9.10. The first-order chi connectivity index (χ1) is 10.6. The fourth-order valence-electron chi connectivity index (χ4n) is 5.17. The third-order valence-electron chi connectivity index (χ3n) is 6.21. The molecule has 0 spiro atoms. The number of rotatable bonds is 5. The molecule has 3 nitrogen and oxygen atoms in total. The highest BCUT2D eigenvalue weighted by atomic mass is 79.9. The van der Waals surface area contributed by atoms with Crippen molar-refractivity contribution in [2.45, 2.75) is 82.3 Å². The molecule has 4 heteroatoms. The van der Waals surface area contributed by atoms with Crippen LogP contribution in [-0.4, -0.2) is 36.5 Å². The number of ether oxygens (including phenoxy) is 3. The summed E-state index contributed by atoms with van der Waals surface area (Å²) in [5, 5.41) is 0. The summed E-state index contributed by atoms with van der Waals surface area (Å²) < 4.78 is 18.9. The third-order valence-corrected chi connectivity index (χ3v) is 7.41. The number of methoxy groups -OCH3 is 1. The normalized spacial score (nSPS) is 50.9. The van der Waals surface area contributed by atoms with Gasteiger partial charge in [0.1, 0.15) is 0 Å². The molecule has 22 heavy (non-hydrogen) atoms. The fraction of sp³-hybridized carbons (Fsp3) is 1.00. The molecule has 3 fully saturated rings. The molecule has 0 aromatic rings. The molecule has 1 aliphatic heterocycles. The molecule has 1 unspecified atom stereocenters. The zero-order valence-corrected chi connectivity index (χ0v) is 15.9. The van der Waals surface area contributed by atoms with Gasteiger partial charge in [-0.3, -0.25) is 0 Å². The van der Waals surface area contributed by atoms with Crippen molar-refractivity contribution in [1.29, 1.82) is 0 Å². The van der Waals surface area contributed by atoms with E-state index in [1.165, 1.54) is 6.42 Å². The SMILES string of the molecule is CCC[C@@H]1O[C@@H]2C3C[C@@H]([C@H](C)[C@H]3[C@H](OC)O[C@@H]1CCC)[C@H]2Br. The molecule has 0 aromatic heterocycles. The Labute approximate surface area is 143 Å². The van der Waals surface area contributed by atoms with Crippen LogP contribution in [0.25, 0.3) is 0 Å². The zero-order chi connectivity index (χ0) is 15.9. The van der Waals surface area contributed by atoms with Crippen LogP contribution in [-0.2, 0) is 14.2 Å². The minimum Gasteiger partial charge on any atom is -0.371 e. The average Bonchev–Trinajstić information content (AvgIpc) is 2.97. The van der Waals surface area contributed by atoms with Gasteiger partial charge in [-0.15, -0.1) is 0 Å². The van der Waals surface area contributed by atoms with Crippen LogP contribution in [0.1, 0.15) is 52.9 Å². The second kappa shape index (κ2) is 7.08. The summed E-state index contributed by atoms with van der Waals surface area (Å²) in [7, 11) is 1.81. The first-order valence-corrected chi connectivity index (χ1v) is 10.0. The van der Waals surface area contributed by atoms with E-state index in [0.29, 0.717) is 34.6 Å². The molecule has 3 aliphatic rings. The Morgan fingerprint density at radius 3 is 2.23 bits per heavy atom. The van der Waals surface area contributed by atoms with Crippen LogP contribution in [0.4, 0.5) is 0 Å². The lowest BCUT2D eigenvalue weighted by molar-refractivity contribution is -0.261. The average molecular weight is 375 g/mol. The molecule has 0 aromatic carbocycles.